The van der Waals surface area contributed by atoms with Gasteiger partial charge in [0.15, 0.2) is 0 Å². The molecule has 0 fully saturated rings. The molecule has 0 spiro atoms. The van der Waals surface area contributed by atoms with Crippen LogP contribution in [-0.4, -0.2) is 5.11 Å². The summed E-state index contributed by atoms with van der Waals surface area (Å²) >= 11 is 0. The van der Waals surface area contributed by atoms with Crippen molar-refractivity contribution >= 4 is 0 Å². The van der Waals surface area contributed by atoms with Crippen molar-refractivity contribution in [2.75, 3.05) is 0 Å². The lowest BCUT2D eigenvalue weighted by Crippen LogP contribution is -2.12. The summed E-state index contributed by atoms with van der Waals surface area (Å²) in [5, 5.41) is 9.16. The molecule has 0 radical (unpaired) electrons. The number of aryl methyl sites for hydroxylation is 1. The maximum absolute atomic E-state index is 13.5. The third kappa shape index (κ3) is 3.82. The molecule has 0 aliphatic heterocycles. The fourth-order valence-electron chi connectivity index (χ4n) is 2.23. The molecular formula is C18H21FO2. The molecule has 0 heterocycles. The van der Waals surface area contributed by atoms with Crippen molar-refractivity contribution < 1.29 is 14.2 Å². The molecule has 0 amide bonds. The van der Waals surface area contributed by atoms with E-state index in [1.165, 1.54) is 12.1 Å². The molecule has 0 aliphatic rings. The Labute approximate surface area is 125 Å². The molecule has 3 heteroatoms. The van der Waals surface area contributed by atoms with Crippen LogP contribution in [0, 0.1) is 12.7 Å². The van der Waals surface area contributed by atoms with Crippen molar-refractivity contribution in [1.29, 1.82) is 0 Å². The van der Waals surface area contributed by atoms with E-state index in [-0.39, 0.29) is 12.0 Å². The predicted octanol–water partition coefficient (Wildman–Crippen LogP) is 4.72. The van der Waals surface area contributed by atoms with Crippen molar-refractivity contribution in [2.24, 2.45) is 0 Å². The summed E-state index contributed by atoms with van der Waals surface area (Å²) in [4.78, 5) is 0. The van der Waals surface area contributed by atoms with E-state index in [0.29, 0.717) is 11.3 Å². The molecule has 21 heavy (non-hydrogen) atoms. The summed E-state index contributed by atoms with van der Waals surface area (Å²) in [5.41, 5.74) is 2.56. The van der Waals surface area contributed by atoms with Crippen molar-refractivity contribution in [3.8, 4) is 11.5 Å². The molecule has 0 aromatic heterocycles. The first-order valence-corrected chi connectivity index (χ1v) is 6.99. The minimum atomic E-state index is -0.415. The molecule has 0 aliphatic carbocycles. The monoisotopic (exact) mass is 288 g/mol. The molecule has 112 valence electrons. The number of rotatable bonds is 3. The van der Waals surface area contributed by atoms with Gasteiger partial charge in [-0.2, -0.15) is 0 Å². The average Bonchev–Trinajstić information content (AvgIpc) is 2.36. The van der Waals surface area contributed by atoms with Gasteiger partial charge in [0.1, 0.15) is 17.3 Å². The first-order chi connectivity index (χ1) is 9.79. The largest absolute Gasteiger partial charge is 0.457 e. The fourth-order valence-corrected chi connectivity index (χ4v) is 2.23. The number of hydrogen-bond donors (Lipinski definition) is 1. The van der Waals surface area contributed by atoms with Crippen LogP contribution in [-0.2, 0) is 12.0 Å². The minimum absolute atomic E-state index is 0.0732. The Kier molecular flexibility index (Phi) is 4.33. The SMILES string of the molecule is Cc1ccc(C(C)(C)C)c(Oc2cc(F)cc(CO)c2)c1. The number of hydrogen-bond acceptors (Lipinski definition) is 2. The van der Waals surface area contributed by atoms with Gasteiger partial charge in [-0.1, -0.05) is 32.9 Å². The molecule has 2 aromatic rings. The third-order valence-corrected chi connectivity index (χ3v) is 3.29. The summed E-state index contributed by atoms with van der Waals surface area (Å²) in [6, 6.07) is 10.3. The predicted molar refractivity (Wildman–Crippen MR) is 82.3 cm³/mol. The zero-order chi connectivity index (χ0) is 15.6. The average molecular weight is 288 g/mol. The van der Waals surface area contributed by atoms with E-state index in [2.05, 4.69) is 20.8 Å². The van der Waals surface area contributed by atoms with Crippen molar-refractivity contribution in [3.05, 3.63) is 58.9 Å². The van der Waals surface area contributed by atoms with Gasteiger partial charge in [-0.3, -0.25) is 0 Å². The van der Waals surface area contributed by atoms with E-state index in [1.807, 2.05) is 25.1 Å². The summed E-state index contributed by atoms with van der Waals surface area (Å²) in [6.07, 6.45) is 0. The van der Waals surface area contributed by atoms with Crippen LogP contribution < -0.4 is 4.74 Å². The molecular weight excluding hydrogens is 267 g/mol. The Balaban J connectivity index is 2.44. The van der Waals surface area contributed by atoms with Crippen LogP contribution in [0.15, 0.2) is 36.4 Å². The second-order valence-corrected chi connectivity index (χ2v) is 6.30. The highest BCUT2D eigenvalue weighted by atomic mass is 19.1. The number of halogens is 1. The first-order valence-electron chi connectivity index (χ1n) is 6.99. The fraction of sp³-hybridized carbons (Fsp3) is 0.333. The number of aliphatic hydroxyl groups excluding tert-OH is 1. The molecule has 2 aromatic carbocycles. The van der Waals surface area contributed by atoms with E-state index in [1.54, 1.807) is 6.07 Å². The lowest BCUT2D eigenvalue weighted by molar-refractivity contribution is 0.280. The van der Waals surface area contributed by atoms with Gasteiger partial charge in [0.2, 0.25) is 0 Å². The van der Waals surface area contributed by atoms with Gasteiger partial charge < -0.3 is 9.84 Å². The minimum Gasteiger partial charge on any atom is -0.457 e. The van der Waals surface area contributed by atoms with Gasteiger partial charge in [-0.25, -0.2) is 4.39 Å². The highest BCUT2D eigenvalue weighted by Crippen LogP contribution is 2.35. The van der Waals surface area contributed by atoms with E-state index in [4.69, 9.17) is 9.84 Å². The van der Waals surface area contributed by atoms with Crippen molar-refractivity contribution in [2.45, 2.75) is 39.7 Å². The van der Waals surface area contributed by atoms with Crippen molar-refractivity contribution in [1.82, 2.24) is 0 Å². The quantitative estimate of drug-likeness (QED) is 0.885. The van der Waals surface area contributed by atoms with E-state index in [0.717, 1.165) is 16.9 Å². The van der Waals surface area contributed by atoms with Crippen LogP contribution in [0.1, 0.15) is 37.5 Å². The van der Waals surface area contributed by atoms with E-state index >= 15 is 0 Å². The Morgan fingerprint density at radius 3 is 2.43 bits per heavy atom. The van der Waals surface area contributed by atoms with Crippen LogP contribution in [0.5, 0.6) is 11.5 Å². The van der Waals surface area contributed by atoms with Crippen LogP contribution in [0.2, 0.25) is 0 Å². The highest BCUT2D eigenvalue weighted by Gasteiger charge is 2.19. The summed E-state index contributed by atoms with van der Waals surface area (Å²) < 4.78 is 19.4. The van der Waals surface area contributed by atoms with Crippen LogP contribution in [0.25, 0.3) is 0 Å². The number of benzene rings is 2. The Morgan fingerprint density at radius 1 is 1.10 bits per heavy atom. The van der Waals surface area contributed by atoms with E-state index in [9.17, 15) is 4.39 Å². The summed E-state index contributed by atoms with van der Waals surface area (Å²) in [7, 11) is 0. The van der Waals surface area contributed by atoms with Gasteiger partial charge in [0, 0.05) is 11.6 Å². The lowest BCUT2D eigenvalue weighted by atomic mass is 9.86. The maximum atomic E-state index is 13.5. The number of ether oxygens (including phenoxy) is 1. The molecule has 0 atom stereocenters. The molecule has 0 unspecified atom stereocenters. The molecule has 2 rings (SSSR count). The van der Waals surface area contributed by atoms with Gasteiger partial charge in [-0.05, 0) is 41.7 Å². The van der Waals surface area contributed by atoms with Gasteiger partial charge in [-0.15, -0.1) is 0 Å². The van der Waals surface area contributed by atoms with Gasteiger partial charge in [0.05, 0.1) is 6.61 Å². The molecule has 0 saturated carbocycles. The third-order valence-electron chi connectivity index (χ3n) is 3.29. The Morgan fingerprint density at radius 2 is 1.81 bits per heavy atom. The Hall–Kier alpha value is -1.87. The second-order valence-electron chi connectivity index (χ2n) is 6.30. The molecule has 2 nitrogen and oxygen atoms in total. The normalized spacial score (nSPS) is 11.5. The standard InChI is InChI=1S/C18H21FO2/c1-12-5-6-16(18(2,3)4)17(7-12)21-15-9-13(11-20)8-14(19)10-15/h5-10,20H,11H2,1-4H3. The lowest BCUT2D eigenvalue weighted by Gasteiger charge is -2.23. The zero-order valence-corrected chi connectivity index (χ0v) is 12.9. The van der Waals surface area contributed by atoms with Crippen molar-refractivity contribution in [3.63, 3.8) is 0 Å². The Bertz CT molecular complexity index is 642. The maximum Gasteiger partial charge on any atom is 0.131 e. The van der Waals surface area contributed by atoms with E-state index < -0.39 is 5.82 Å². The molecule has 1 N–H and O–H groups in total. The van der Waals surface area contributed by atoms with Gasteiger partial charge in [0.25, 0.3) is 0 Å². The summed E-state index contributed by atoms with van der Waals surface area (Å²) in [5.74, 6) is 0.702. The molecule has 0 bridgehead atoms. The van der Waals surface area contributed by atoms with Crippen LogP contribution in [0.4, 0.5) is 4.39 Å². The topological polar surface area (TPSA) is 29.5 Å². The summed E-state index contributed by atoms with van der Waals surface area (Å²) in [6.45, 7) is 8.10. The first kappa shape index (κ1) is 15.5. The number of aliphatic hydroxyl groups is 1. The van der Waals surface area contributed by atoms with Gasteiger partial charge >= 0.3 is 0 Å². The van der Waals surface area contributed by atoms with Crippen LogP contribution in [0.3, 0.4) is 0 Å². The smallest absolute Gasteiger partial charge is 0.131 e. The zero-order valence-electron chi connectivity index (χ0n) is 12.9. The van der Waals surface area contributed by atoms with Crippen LogP contribution >= 0.6 is 0 Å². The highest BCUT2D eigenvalue weighted by molar-refractivity contribution is 5.44. The second kappa shape index (κ2) is 5.86. The molecule has 0 saturated heterocycles.